The molecule has 1 amide bonds. The van der Waals surface area contributed by atoms with Crippen LogP contribution >= 0.6 is 11.3 Å². The molecule has 1 saturated heterocycles. The van der Waals surface area contributed by atoms with Crippen molar-refractivity contribution in [3.05, 3.63) is 45.0 Å². The maximum Gasteiger partial charge on any atom is 0.309 e. The molecule has 1 aliphatic rings. The summed E-state index contributed by atoms with van der Waals surface area (Å²) in [5.74, 6) is -1.54. The second-order valence-electron chi connectivity index (χ2n) is 6.18. The number of nitrogens with zero attached hydrogens (tertiary/aromatic N) is 3. The van der Waals surface area contributed by atoms with E-state index in [9.17, 15) is 19.7 Å². The molecule has 0 aliphatic carbocycles. The summed E-state index contributed by atoms with van der Waals surface area (Å²) in [6.45, 7) is 1.52. The minimum absolute atomic E-state index is 0.102. The van der Waals surface area contributed by atoms with Crippen LogP contribution in [0.4, 0.5) is 16.5 Å². The van der Waals surface area contributed by atoms with Crippen molar-refractivity contribution >= 4 is 39.7 Å². The molecule has 142 valence electrons. The molecular weight excluding hydrogens is 372 g/mol. The summed E-state index contributed by atoms with van der Waals surface area (Å²) >= 11 is 1.10. The molecule has 2 heterocycles. The highest BCUT2D eigenvalue weighted by Gasteiger charge is 2.23. The van der Waals surface area contributed by atoms with Crippen LogP contribution in [0.2, 0.25) is 0 Å². The summed E-state index contributed by atoms with van der Waals surface area (Å²) in [5.41, 5.74) is 0.913. The van der Waals surface area contributed by atoms with Gasteiger partial charge in [0.15, 0.2) is 5.13 Å². The quantitative estimate of drug-likeness (QED) is 0.574. The number of aliphatic carboxylic acids is 1. The van der Waals surface area contributed by atoms with Crippen LogP contribution in [0.1, 0.15) is 35.3 Å². The number of hydrogen-bond donors (Lipinski definition) is 2. The molecule has 3 rings (SSSR count). The van der Waals surface area contributed by atoms with Crippen LogP contribution in [0.5, 0.6) is 0 Å². The van der Waals surface area contributed by atoms with E-state index in [0.717, 1.165) is 43.7 Å². The molecule has 0 atom stereocenters. The van der Waals surface area contributed by atoms with Gasteiger partial charge in [-0.2, -0.15) is 0 Å². The van der Waals surface area contributed by atoms with Crippen molar-refractivity contribution in [1.29, 1.82) is 0 Å². The smallest absolute Gasteiger partial charge is 0.309 e. The fourth-order valence-electron chi connectivity index (χ4n) is 2.98. The van der Waals surface area contributed by atoms with Crippen molar-refractivity contribution in [1.82, 2.24) is 4.98 Å². The number of nitro benzene ring substituents is 1. The van der Waals surface area contributed by atoms with Gasteiger partial charge >= 0.3 is 5.97 Å². The van der Waals surface area contributed by atoms with E-state index in [-0.39, 0.29) is 22.8 Å². The minimum Gasteiger partial charge on any atom is -0.481 e. The number of carbonyl (C=O) groups is 2. The normalized spacial score (nSPS) is 14.0. The first-order valence-electron chi connectivity index (χ1n) is 8.45. The Labute approximate surface area is 158 Å². The number of rotatable bonds is 6. The summed E-state index contributed by atoms with van der Waals surface area (Å²) in [4.78, 5) is 40.1. The van der Waals surface area contributed by atoms with Crippen molar-refractivity contribution < 1.29 is 19.6 Å². The second kappa shape index (κ2) is 8.12. The van der Waals surface area contributed by atoms with Crippen LogP contribution in [-0.2, 0) is 11.2 Å². The van der Waals surface area contributed by atoms with Gasteiger partial charge in [0.25, 0.3) is 11.6 Å². The summed E-state index contributed by atoms with van der Waals surface area (Å²) in [5, 5.41) is 24.6. The first-order chi connectivity index (χ1) is 12.9. The topological polar surface area (TPSA) is 126 Å². The largest absolute Gasteiger partial charge is 0.481 e. The van der Waals surface area contributed by atoms with E-state index in [4.69, 9.17) is 5.11 Å². The van der Waals surface area contributed by atoms with E-state index in [0.29, 0.717) is 11.4 Å². The van der Waals surface area contributed by atoms with Crippen molar-refractivity contribution in [2.75, 3.05) is 23.3 Å². The second-order valence-corrected chi connectivity index (χ2v) is 7.04. The van der Waals surface area contributed by atoms with Gasteiger partial charge < -0.3 is 10.0 Å². The Balaban J connectivity index is 1.78. The predicted octanol–water partition coefficient (Wildman–Crippen LogP) is 2.92. The summed E-state index contributed by atoms with van der Waals surface area (Å²) in [7, 11) is 0. The van der Waals surface area contributed by atoms with Crippen LogP contribution in [0.15, 0.2) is 23.6 Å². The van der Waals surface area contributed by atoms with Crippen LogP contribution in [0.25, 0.3) is 0 Å². The molecular formula is C17H18N4O5S. The van der Waals surface area contributed by atoms with E-state index in [1.165, 1.54) is 6.07 Å². The molecule has 1 aromatic carbocycles. The zero-order valence-electron chi connectivity index (χ0n) is 14.4. The number of amides is 1. The summed E-state index contributed by atoms with van der Waals surface area (Å²) in [6, 6.07) is 4.43. The molecule has 10 heteroatoms. The van der Waals surface area contributed by atoms with E-state index >= 15 is 0 Å². The van der Waals surface area contributed by atoms with Crippen molar-refractivity contribution in [2.24, 2.45) is 0 Å². The standard InChI is InChI=1S/C17H18N4O5S/c22-15(23)9-12-10-27-17(18-12)19-16(24)11-4-5-13(14(8-11)21(25)26)20-6-2-1-3-7-20/h4-5,8,10H,1-3,6-7,9H2,(H,22,23)(H,18,19,24). The highest BCUT2D eigenvalue weighted by Crippen LogP contribution is 2.31. The molecule has 2 N–H and O–H groups in total. The number of nitrogens with one attached hydrogen (secondary N) is 1. The van der Waals surface area contributed by atoms with E-state index < -0.39 is 16.8 Å². The van der Waals surface area contributed by atoms with Crippen LogP contribution in [0.3, 0.4) is 0 Å². The lowest BCUT2D eigenvalue weighted by molar-refractivity contribution is -0.384. The van der Waals surface area contributed by atoms with Gasteiger partial charge in [0, 0.05) is 30.1 Å². The first-order valence-corrected chi connectivity index (χ1v) is 9.33. The Kier molecular flexibility index (Phi) is 5.65. The molecule has 1 aliphatic heterocycles. The number of hydrogen-bond acceptors (Lipinski definition) is 7. The molecule has 0 spiro atoms. The zero-order valence-corrected chi connectivity index (χ0v) is 15.2. The summed E-state index contributed by atoms with van der Waals surface area (Å²) in [6.07, 6.45) is 2.86. The van der Waals surface area contributed by atoms with Gasteiger partial charge in [-0.3, -0.25) is 25.0 Å². The number of aromatic nitrogens is 1. The molecule has 2 aromatic rings. The van der Waals surface area contributed by atoms with Crippen LogP contribution in [0, 0.1) is 10.1 Å². The van der Waals surface area contributed by atoms with Gasteiger partial charge in [-0.25, -0.2) is 4.98 Å². The lowest BCUT2D eigenvalue weighted by Crippen LogP contribution is -2.30. The average molecular weight is 390 g/mol. The highest BCUT2D eigenvalue weighted by atomic mass is 32.1. The van der Waals surface area contributed by atoms with Crippen LogP contribution < -0.4 is 10.2 Å². The van der Waals surface area contributed by atoms with Gasteiger partial charge in [0.1, 0.15) is 5.69 Å². The Bertz CT molecular complexity index is 876. The number of anilines is 2. The minimum atomic E-state index is -1.01. The maximum absolute atomic E-state index is 12.4. The van der Waals surface area contributed by atoms with Gasteiger partial charge in [-0.05, 0) is 31.4 Å². The van der Waals surface area contributed by atoms with Gasteiger partial charge in [-0.1, -0.05) is 0 Å². The summed E-state index contributed by atoms with van der Waals surface area (Å²) < 4.78 is 0. The number of carboxylic acids is 1. The fraction of sp³-hybridized carbons (Fsp3) is 0.353. The first kappa shape index (κ1) is 18.8. The number of thiazole rings is 1. The number of carbonyl (C=O) groups excluding carboxylic acids is 1. The third kappa shape index (κ3) is 4.59. The van der Waals surface area contributed by atoms with E-state index in [2.05, 4.69) is 10.3 Å². The number of benzene rings is 1. The number of piperidine rings is 1. The van der Waals surface area contributed by atoms with E-state index in [1.807, 2.05) is 4.90 Å². The highest BCUT2D eigenvalue weighted by molar-refractivity contribution is 7.14. The Morgan fingerprint density at radius 1 is 1.30 bits per heavy atom. The monoisotopic (exact) mass is 390 g/mol. The lowest BCUT2D eigenvalue weighted by Gasteiger charge is -2.28. The third-order valence-corrected chi connectivity index (χ3v) is 5.04. The zero-order chi connectivity index (χ0) is 19.4. The molecule has 0 unspecified atom stereocenters. The molecule has 0 radical (unpaired) electrons. The van der Waals surface area contributed by atoms with Crippen molar-refractivity contribution in [3.63, 3.8) is 0 Å². The molecule has 0 bridgehead atoms. The Morgan fingerprint density at radius 3 is 2.70 bits per heavy atom. The molecule has 9 nitrogen and oxygen atoms in total. The van der Waals surface area contributed by atoms with Gasteiger partial charge in [-0.15, -0.1) is 11.3 Å². The van der Waals surface area contributed by atoms with Gasteiger partial charge in [0.05, 0.1) is 17.0 Å². The third-order valence-electron chi connectivity index (χ3n) is 4.24. The number of nitro groups is 1. The van der Waals surface area contributed by atoms with E-state index in [1.54, 1.807) is 17.5 Å². The van der Waals surface area contributed by atoms with Crippen molar-refractivity contribution in [3.8, 4) is 0 Å². The maximum atomic E-state index is 12.4. The van der Waals surface area contributed by atoms with Crippen molar-refractivity contribution in [2.45, 2.75) is 25.7 Å². The Hall–Kier alpha value is -3.01. The Morgan fingerprint density at radius 2 is 2.04 bits per heavy atom. The average Bonchev–Trinajstić information content (AvgIpc) is 3.07. The fourth-order valence-corrected chi connectivity index (χ4v) is 3.69. The molecule has 1 fully saturated rings. The van der Waals surface area contributed by atoms with Crippen LogP contribution in [-0.4, -0.2) is 40.0 Å². The van der Waals surface area contributed by atoms with Gasteiger partial charge in [0.2, 0.25) is 0 Å². The molecule has 1 aromatic heterocycles. The predicted molar refractivity (Wildman–Crippen MR) is 101 cm³/mol. The molecule has 27 heavy (non-hydrogen) atoms. The SMILES string of the molecule is O=C(O)Cc1csc(NC(=O)c2ccc(N3CCCCC3)c([N+](=O)[O-])c2)n1. The number of carboxylic acid groups (broad SMARTS) is 1. The lowest BCUT2D eigenvalue weighted by atomic mass is 10.1. The molecule has 0 saturated carbocycles.